The number of thiophene rings is 1. The van der Waals surface area contributed by atoms with Crippen molar-refractivity contribution in [3.63, 3.8) is 0 Å². The van der Waals surface area contributed by atoms with Gasteiger partial charge in [0.25, 0.3) is 0 Å². The van der Waals surface area contributed by atoms with Crippen LogP contribution in [0.25, 0.3) is 10.1 Å². The maximum absolute atomic E-state index is 11.5. The zero-order chi connectivity index (χ0) is 13.8. The maximum atomic E-state index is 11.5. The summed E-state index contributed by atoms with van der Waals surface area (Å²) in [6.07, 6.45) is 0. The summed E-state index contributed by atoms with van der Waals surface area (Å²) in [5.41, 5.74) is 1.32. The molecule has 3 nitrogen and oxygen atoms in total. The van der Waals surface area contributed by atoms with Crippen molar-refractivity contribution in [1.29, 1.82) is 0 Å². The number of fused-ring (bicyclic) bond motifs is 1. The Bertz CT molecular complexity index is 577. The summed E-state index contributed by atoms with van der Waals surface area (Å²) in [5.74, 6) is 0.0492. The van der Waals surface area contributed by atoms with Crippen molar-refractivity contribution in [3.05, 3.63) is 34.7 Å². The molecule has 0 aliphatic heterocycles. The predicted molar refractivity (Wildman–Crippen MR) is 81.7 cm³/mol. The predicted octanol–water partition coefficient (Wildman–Crippen LogP) is 3.00. The van der Waals surface area contributed by atoms with Crippen molar-refractivity contribution in [3.8, 4) is 0 Å². The first-order valence-corrected chi connectivity index (χ1v) is 7.43. The molecule has 1 unspecified atom stereocenters. The molecule has 2 aromatic rings. The van der Waals surface area contributed by atoms with Gasteiger partial charge in [0.15, 0.2) is 0 Å². The van der Waals surface area contributed by atoms with Crippen molar-refractivity contribution >= 4 is 27.3 Å². The van der Waals surface area contributed by atoms with Gasteiger partial charge in [-0.05, 0) is 37.8 Å². The van der Waals surface area contributed by atoms with E-state index in [4.69, 9.17) is 0 Å². The number of nitrogens with one attached hydrogen (secondary N) is 2. The first kappa shape index (κ1) is 14.0. The molecule has 0 spiro atoms. The molecule has 0 bridgehead atoms. The van der Waals surface area contributed by atoms with Gasteiger partial charge in [0.2, 0.25) is 5.91 Å². The van der Waals surface area contributed by atoms with Crippen LogP contribution in [0.5, 0.6) is 0 Å². The fraction of sp³-hybridized carbons (Fsp3) is 0.400. The van der Waals surface area contributed by atoms with E-state index in [1.54, 1.807) is 11.3 Å². The summed E-state index contributed by atoms with van der Waals surface area (Å²) >= 11 is 1.80. The average Bonchev–Trinajstić information content (AvgIpc) is 2.74. The third kappa shape index (κ3) is 3.14. The Balaban J connectivity index is 2.11. The first-order chi connectivity index (χ1) is 9.13. The molecular weight excluding hydrogens is 256 g/mol. The first-order valence-electron chi connectivity index (χ1n) is 6.61. The van der Waals surface area contributed by atoms with Gasteiger partial charge in [-0.2, -0.15) is 0 Å². The minimum absolute atomic E-state index is 0.0492. The third-order valence-corrected chi connectivity index (χ3v) is 4.67. The third-order valence-electron chi connectivity index (χ3n) is 3.22. The van der Waals surface area contributed by atoms with E-state index < -0.39 is 0 Å². The second kappa shape index (κ2) is 6.17. The fourth-order valence-electron chi connectivity index (χ4n) is 2.20. The van der Waals surface area contributed by atoms with Crippen molar-refractivity contribution < 1.29 is 4.79 Å². The number of hydrogen-bond acceptors (Lipinski definition) is 3. The molecule has 1 heterocycles. The van der Waals surface area contributed by atoms with Crippen molar-refractivity contribution in [2.45, 2.75) is 26.8 Å². The molecule has 2 N–H and O–H groups in total. The molecule has 4 heteroatoms. The molecule has 19 heavy (non-hydrogen) atoms. The van der Waals surface area contributed by atoms with Gasteiger partial charge in [-0.1, -0.05) is 18.2 Å². The molecule has 0 radical (unpaired) electrons. The van der Waals surface area contributed by atoms with Crippen LogP contribution in [0, 0.1) is 6.92 Å². The molecule has 1 atom stereocenters. The standard InChI is InChI=1S/C15H20N2OS/c1-4-16-14(18)9-17-11(3)15-10(2)12-7-5-6-8-13(12)19-15/h5-8,11,17H,4,9H2,1-3H3,(H,16,18). The Morgan fingerprint density at radius 2 is 2.11 bits per heavy atom. The van der Waals surface area contributed by atoms with Crippen LogP contribution in [0.15, 0.2) is 24.3 Å². The summed E-state index contributed by atoms with van der Waals surface area (Å²) in [6, 6.07) is 8.63. The summed E-state index contributed by atoms with van der Waals surface area (Å²) in [5, 5.41) is 7.39. The lowest BCUT2D eigenvalue weighted by molar-refractivity contribution is -0.120. The van der Waals surface area contributed by atoms with Gasteiger partial charge in [0, 0.05) is 22.2 Å². The number of amides is 1. The molecule has 0 aliphatic rings. The highest BCUT2D eigenvalue weighted by Gasteiger charge is 2.14. The molecule has 1 aromatic heterocycles. The molecule has 0 saturated carbocycles. The van der Waals surface area contributed by atoms with Gasteiger partial charge >= 0.3 is 0 Å². The number of rotatable bonds is 5. The van der Waals surface area contributed by atoms with Crippen molar-refractivity contribution in [1.82, 2.24) is 10.6 Å². The highest BCUT2D eigenvalue weighted by molar-refractivity contribution is 7.19. The molecule has 2 rings (SSSR count). The van der Waals surface area contributed by atoms with E-state index in [0.29, 0.717) is 13.1 Å². The van der Waals surface area contributed by atoms with Gasteiger partial charge in [0.05, 0.1) is 6.54 Å². The fourth-order valence-corrected chi connectivity index (χ4v) is 3.44. The second-order valence-electron chi connectivity index (χ2n) is 4.64. The normalized spacial score (nSPS) is 12.6. The lowest BCUT2D eigenvalue weighted by Gasteiger charge is -2.13. The van der Waals surface area contributed by atoms with Gasteiger partial charge in [-0.3, -0.25) is 4.79 Å². The van der Waals surface area contributed by atoms with Crippen LogP contribution in [-0.4, -0.2) is 19.0 Å². The maximum Gasteiger partial charge on any atom is 0.233 e. The Kier molecular flexibility index (Phi) is 4.56. The quantitative estimate of drug-likeness (QED) is 0.881. The molecule has 0 fully saturated rings. The molecule has 1 amide bonds. The monoisotopic (exact) mass is 276 g/mol. The lowest BCUT2D eigenvalue weighted by Crippen LogP contribution is -2.34. The van der Waals surface area contributed by atoms with E-state index in [1.165, 1.54) is 20.5 Å². The minimum Gasteiger partial charge on any atom is -0.355 e. The summed E-state index contributed by atoms with van der Waals surface area (Å²) in [6.45, 7) is 7.23. The van der Waals surface area contributed by atoms with E-state index in [1.807, 2.05) is 6.92 Å². The minimum atomic E-state index is 0.0492. The van der Waals surface area contributed by atoms with Crippen LogP contribution in [0.1, 0.15) is 30.3 Å². The van der Waals surface area contributed by atoms with Gasteiger partial charge in [-0.25, -0.2) is 0 Å². The Morgan fingerprint density at radius 3 is 2.79 bits per heavy atom. The Hall–Kier alpha value is -1.39. The average molecular weight is 276 g/mol. The van der Waals surface area contributed by atoms with E-state index >= 15 is 0 Å². The van der Waals surface area contributed by atoms with Crippen LogP contribution >= 0.6 is 11.3 Å². The number of likely N-dealkylation sites (N-methyl/N-ethyl adjacent to an activating group) is 1. The molecule has 1 aromatic carbocycles. The van der Waals surface area contributed by atoms with Crippen molar-refractivity contribution in [2.24, 2.45) is 0 Å². The zero-order valence-corrected chi connectivity index (χ0v) is 12.4. The van der Waals surface area contributed by atoms with E-state index in [9.17, 15) is 4.79 Å². The van der Waals surface area contributed by atoms with E-state index in [0.717, 1.165) is 0 Å². The summed E-state index contributed by atoms with van der Waals surface area (Å²) in [7, 11) is 0. The Morgan fingerprint density at radius 1 is 1.37 bits per heavy atom. The Labute approximate surface area is 118 Å². The SMILES string of the molecule is CCNC(=O)CNC(C)c1sc2ccccc2c1C. The lowest BCUT2D eigenvalue weighted by atomic mass is 10.1. The molecule has 102 valence electrons. The topological polar surface area (TPSA) is 41.1 Å². The van der Waals surface area contributed by atoms with Crippen LogP contribution in [0.2, 0.25) is 0 Å². The summed E-state index contributed by atoms with van der Waals surface area (Å²) in [4.78, 5) is 12.8. The van der Waals surface area contributed by atoms with Crippen LogP contribution in [0.4, 0.5) is 0 Å². The van der Waals surface area contributed by atoms with Crippen LogP contribution < -0.4 is 10.6 Å². The highest BCUT2D eigenvalue weighted by Crippen LogP contribution is 2.34. The molecular formula is C15H20N2OS. The number of hydrogen-bond donors (Lipinski definition) is 2. The second-order valence-corrected chi connectivity index (χ2v) is 5.73. The zero-order valence-electron chi connectivity index (χ0n) is 11.6. The molecule has 0 saturated heterocycles. The van der Waals surface area contributed by atoms with Crippen LogP contribution in [0.3, 0.4) is 0 Å². The molecule has 0 aliphatic carbocycles. The number of benzene rings is 1. The summed E-state index contributed by atoms with van der Waals surface area (Å²) < 4.78 is 1.31. The van der Waals surface area contributed by atoms with E-state index in [-0.39, 0.29) is 11.9 Å². The number of carbonyl (C=O) groups excluding carboxylic acids is 1. The smallest absolute Gasteiger partial charge is 0.233 e. The van der Waals surface area contributed by atoms with Gasteiger partial charge in [-0.15, -0.1) is 11.3 Å². The number of aryl methyl sites for hydroxylation is 1. The van der Waals surface area contributed by atoms with Gasteiger partial charge in [0.1, 0.15) is 0 Å². The van der Waals surface area contributed by atoms with E-state index in [2.05, 4.69) is 48.7 Å². The highest BCUT2D eigenvalue weighted by atomic mass is 32.1. The van der Waals surface area contributed by atoms with Crippen LogP contribution in [-0.2, 0) is 4.79 Å². The van der Waals surface area contributed by atoms with Gasteiger partial charge < -0.3 is 10.6 Å². The van der Waals surface area contributed by atoms with Crippen molar-refractivity contribution in [2.75, 3.05) is 13.1 Å². The largest absolute Gasteiger partial charge is 0.355 e. The number of carbonyl (C=O) groups is 1.